The van der Waals surface area contributed by atoms with Crippen molar-refractivity contribution in [3.05, 3.63) is 52.9 Å². The van der Waals surface area contributed by atoms with Crippen LogP contribution in [0.15, 0.2) is 34.9 Å². The number of hydrogen-bond acceptors (Lipinski definition) is 5. The lowest BCUT2D eigenvalue weighted by molar-refractivity contribution is -0.127. The maximum atomic E-state index is 12.5. The molecule has 0 atom stereocenters. The van der Waals surface area contributed by atoms with Crippen molar-refractivity contribution in [2.45, 2.75) is 20.4 Å². The van der Waals surface area contributed by atoms with Crippen molar-refractivity contribution in [1.82, 2.24) is 15.0 Å². The van der Waals surface area contributed by atoms with Crippen LogP contribution >= 0.6 is 0 Å². The Hall–Kier alpha value is -2.60. The van der Waals surface area contributed by atoms with E-state index in [2.05, 4.69) is 27.1 Å². The highest BCUT2D eigenvalue weighted by Crippen LogP contribution is 2.17. The normalized spacial score (nSPS) is 15.5. The first kappa shape index (κ1) is 19.2. The maximum absolute atomic E-state index is 12.5. The molecule has 0 unspecified atom stereocenters. The largest absolute Gasteiger partial charge is 0.378 e. The van der Waals surface area contributed by atoms with Crippen molar-refractivity contribution in [2.24, 2.45) is 0 Å². The molecule has 6 nitrogen and oxygen atoms in total. The lowest BCUT2D eigenvalue weighted by Crippen LogP contribution is -2.47. The summed E-state index contributed by atoms with van der Waals surface area (Å²) in [5.41, 5.74) is 4.30. The third-order valence-electron chi connectivity index (χ3n) is 5.07. The smallest absolute Gasteiger partial charge is 0.246 e. The van der Waals surface area contributed by atoms with Crippen molar-refractivity contribution in [3.63, 3.8) is 0 Å². The fourth-order valence-corrected chi connectivity index (χ4v) is 3.23. The molecule has 1 aliphatic heterocycles. The van der Waals surface area contributed by atoms with Gasteiger partial charge in [0.05, 0.1) is 5.69 Å². The Balaban J connectivity index is 1.51. The van der Waals surface area contributed by atoms with Crippen molar-refractivity contribution in [2.75, 3.05) is 45.2 Å². The molecule has 6 heteroatoms. The molecular weight excluding hydrogens is 340 g/mol. The Morgan fingerprint density at radius 2 is 1.81 bits per heavy atom. The summed E-state index contributed by atoms with van der Waals surface area (Å²) in [6, 6.07) is 8.16. The fourth-order valence-electron chi connectivity index (χ4n) is 3.23. The predicted octanol–water partition coefficient (Wildman–Crippen LogP) is 2.72. The summed E-state index contributed by atoms with van der Waals surface area (Å²) in [4.78, 5) is 18.8. The Morgan fingerprint density at radius 3 is 2.37 bits per heavy atom. The minimum Gasteiger partial charge on any atom is -0.378 e. The Morgan fingerprint density at radius 1 is 1.15 bits per heavy atom. The van der Waals surface area contributed by atoms with Crippen LogP contribution in [0, 0.1) is 13.8 Å². The number of carbonyl (C=O) groups is 1. The molecule has 1 aromatic heterocycles. The first-order valence-corrected chi connectivity index (χ1v) is 9.32. The summed E-state index contributed by atoms with van der Waals surface area (Å²) in [7, 11) is 4.03. The van der Waals surface area contributed by atoms with E-state index >= 15 is 0 Å². The van der Waals surface area contributed by atoms with Crippen LogP contribution in [0.25, 0.3) is 6.08 Å². The van der Waals surface area contributed by atoms with E-state index in [4.69, 9.17) is 4.52 Å². The zero-order valence-corrected chi connectivity index (χ0v) is 16.6. The van der Waals surface area contributed by atoms with E-state index in [1.807, 2.05) is 51.1 Å². The second-order valence-electron chi connectivity index (χ2n) is 7.22. The van der Waals surface area contributed by atoms with E-state index < -0.39 is 0 Å². The number of benzene rings is 1. The highest BCUT2D eigenvalue weighted by Gasteiger charge is 2.21. The highest BCUT2D eigenvalue weighted by molar-refractivity contribution is 5.91. The van der Waals surface area contributed by atoms with Crippen molar-refractivity contribution >= 4 is 17.7 Å². The van der Waals surface area contributed by atoms with Gasteiger partial charge in [0.25, 0.3) is 0 Å². The summed E-state index contributed by atoms with van der Waals surface area (Å²) in [6.45, 7) is 7.96. The van der Waals surface area contributed by atoms with Gasteiger partial charge in [-0.2, -0.15) is 0 Å². The molecule has 144 valence electrons. The quantitative estimate of drug-likeness (QED) is 0.760. The lowest BCUT2D eigenvalue weighted by atomic mass is 10.1. The SMILES string of the molecule is Cc1noc(C)c1CN1CCN(C(=O)/C=C\c2ccc(N(C)C)cc2)CC1. The van der Waals surface area contributed by atoms with Gasteiger partial charge in [0.15, 0.2) is 0 Å². The molecular formula is C21H28N4O2. The Kier molecular flexibility index (Phi) is 5.96. The first-order valence-electron chi connectivity index (χ1n) is 9.32. The summed E-state index contributed by atoms with van der Waals surface area (Å²) >= 11 is 0. The maximum Gasteiger partial charge on any atom is 0.246 e. The number of piperazine rings is 1. The number of rotatable bonds is 5. The molecule has 1 aromatic carbocycles. The predicted molar refractivity (Wildman–Crippen MR) is 108 cm³/mol. The molecule has 1 amide bonds. The van der Waals surface area contributed by atoms with Crippen LogP contribution in [0.2, 0.25) is 0 Å². The van der Waals surface area contributed by atoms with Crippen LogP contribution in [0.3, 0.4) is 0 Å². The lowest BCUT2D eigenvalue weighted by Gasteiger charge is -2.34. The third-order valence-corrected chi connectivity index (χ3v) is 5.07. The van der Waals surface area contributed by atoms with Crippen molar-refractivity contribution < 1.29 is 9.32 Å². The van der Waals surface area contributed by atoms with Gasteiger partial charge < -0.3 is 14.3 Å². The molecule has 27 heavy (non-hydrogen) atoms. The standard InChI is InChI=1S/C21H28N4O2/c1-16-20(17(2)27-22-16)15-24-11-13-25(14-12-24)21(26)10-7-18-5-8-19(9-6-18)23(3)4/h5-10H,11-15H2,1-4H3/b10-7-. The zero-order chi connectivity index (χ0) is 19.4. The molecule has 0 aliphatic carbocycles. The van der Waals surface area contributed by atoms with Crippen LogP contribution in [-0.4, -0.2) is 61.1 Å². The molecule has 2 heterocycles. The first-order chi connectivity index (χ1) is 12.9. The van der Waals surface area contributed by atoms with Crippen LogP contribution in [0.5, 0.6) is 0 Å². The molecule has 0 N–H and O–H groups in total. The minimum atomic E-state index is 0.0728. The van der Waals surface area contributed by atoms with E-state index in [1.54, 1.807) is 6.08 Å². The second kappa shape index (κ2) is 8.39. The van der Waals surface area contributed by atoms with E-state index in [9.17, 15) is 4.79 Å². The summed E-state index contributed by atoms with van der Waals surface area (Å²) in [6.07, 6.45) is 3.56. The van der Waals surface area contributed by atoms with E-state index in [1.165, 1.54) is 0 Å². The van der Waals surface area contributed by atoms with Gasteiger partial charge in [0.1, 0.15) is 5.76 Å². The minimum absolute atomic E-state index is 0.0728. The summed E-state index contributed by atoms with van der Waals surface area (Å²) in [5, 5.41) is 4.01. The van der Waals surface area contributed by atoms with Crippen LogP contribution < -0.4 is 4.90 Å². The molecule has 1 aliphatic rings. The van der Waals surface area contributed by atoms with Crippen molar-refractivity contribution in [3.8, 4) is 0 Å². The molecule has 1 fully saturated rings. The number of aryl methyl sites for hydroxylation is 2. The number of carbonyl (C=O) groups excluding carboxylic acids is 1. The van der Waals surface area contributed by atoms with E-state index in [-0.39, 0.29) is 5.91 Å². The molecule has 2 aromatic rings. The average Bonchev–Trinajstić information content (AvgIpc) is 2.99. The monoisotopic (exact) mass is 368 g/mol. The topological polar surface area (TPSA) is 52.8 Å². The molecule has 0 radical (unpaired) electrons. The van der Waals surface area contributed by atoms with Crippen LogP contribution in [0.4, 0.5) is 5.69 Å². The number of nitrogens with zero attached hydrogens (tertiary/aromatic N) is 4. The van der Waals surface area contributed by atoms with Crippen molar-refractivity contribution in [1.29, 1.82) is 0 Å². The number of hydrogen-bond donors (Lipinski definition) is 0. The van der Waals surface area contributed by atoms with Gasteiger partial charge in [-0.15, -0.1) is 0 Å². The van der Waals surface area contributed by atoms with Gasteiger partial charge in [-0.1, -0.05) is 17.3 Å². The molecule has 0 bridgehead atoms. The fraction of sp³-hybridized carbons (Fsp3) is 0.429. The highest BCUT2D eigenvalue weighted by atomic mass is 16.5. The number of amides is 1. The Bertz CT molecular complexity index is 781. The van der Waals surface area contributed by atoms with Gasteiger partial charge in [-0.3, -0.25) is 9.69 Å². The van der Waals surface area contributed by atoms with E-state index in [0.29, 0.717) is 0 Å². The molecule has 3 rings (SSSR count). The van der Waals surface area contributed by atoms with E-state index in [0.717, 1.165) is 61.0 Å². The second-order valence-corrected chi connectivity index (χ2v) is 7.22. The summed E-state index contributed by atoms with van der Waals surface area (Å²) < 4.78 is 5.24. The van der Waals surface area contributed by atoms with Gasteiger partial charge in [-0.25, -0.2) is 0 Å². The molecule has 1 saturated heterocycles. The third kappa shape index (κ3) is 4.77. The van der Waals surface area contributed by atoms with Crippen LogP contribution in [0.1, 0.15) is 22.6 Å². The number of aromatic nitrogens is 1. The van der Waals surface area contributed by atoms with Gasteiger partial charge in [-0.05, 0) is 37.6 Å². The number of anilines is 1. The Labute approximate surface area is 161 Å². The van der Waals surface area contributed by atoms with Gasteiger partial charge in [0.2, 0.25) is 5.91 Å². The molecule has 0 saturated carbocycles. The summed E-state index contributed by atoms with van der Waals surface area (Å²) in [5.74, 6) is 0.956. The van der Waals surface area contributed by atoms with Crippen LogP contribution in [-0.2, 0) is 11.3 Å². The average molecular weight is 368 g/mol. The van der Waals surface area contributed by atoms with Gasteiger partial charge >= 0.3 is 0 Å². The van der Waals surface area contributed by atoms with Gasteiger partial charge in [0, 0.05) is 64.1 Å². The zero-order valence-electron chi connectivity index (χ0n) is 16.6. The molecule has 0 spiro atoms.